The third kappa shape index (κ3) is 6.38. The van der Waals surface area contributed by atoms with E-state index >= 15 is 0 Å². The molecule has 0 saturated heterocycles. The molecule has 0 unspecified atom stereocenters. The number of nitrogens with one attached hydrogen (secondary N) is 1. The zero-order valence-corrected chi connectivity index (χ0v) is 20.8. The molecule has 0 atom stereocenters. The molecule has 0 heterocycles. The largest absolute Gasteiger partial charge is 0.493 e. The van der Waals surface area contributed by atoms with Crippen molar-refractivity contribution in [1.29, 1.82) is 5.26 Å². The zero-order chi connectivity index (χ0) is 24.0. The van der Waals surface area contributed by atoms with Crippen LogP contribution in [0.25, 0.3) is 6.08 Å². The number of nitriles is 1. The first-order chi connectivity index (χ1) is 15.8. The van der Waals surface area contributed by atoms with Gasteiger partial charge in [-0.1, -0.05) is 29.3 Å². The molecule has 0 saturated carbocycles. The fourth-order valence-electron chi connectivity index (χ4n) is 2.82. The van der Waals surface area contributed by atoms with Gasteiger partial charge in [0.1, 0.15) is 24.1 Å². The quantitative estimate of drug-likeness (QED) is 0.184. The van der Waals surface area contributed by atoms with Crippen molar-refractivity contribution in [3.63, 3.8) is 0 Å². The van der Waals surface area contributed by atoms with Crippen molar-refractivity contribution in [3.8, 4) is 17.6 Å². The molecule has 3 rings (SSSR count). The summed E-state index contributed by atoms with van der Waals surface area (Å²) in [5.74, 6) is -0.162. The van der Waals surface area contributed by atoms with Gasteiger partial charge in [0, 0.05) is 21.3 Å². The maximum Gasteiger partial charge on any atom is 0.266 e. The summed E-state index contributed by atoms with van der Waals surface area (Å²) in [6.07, 6.45) is 1.43. The minimum atomic E-state index is -0.619. The molecule has 0 aliphatic carbocycles. The first-order valence-electron chi connectivity index (χ1n) is 9.44. The summed E-state index contributed by atoms with van der Waals surface area (Å²) in [7, 11) is 1.49. The molecule has 168 valence electrons. The number of methoxy groups -OCH3 is 1. The molecule has 0 aromatic heterocycles. The number of nitrogens with zero attached hydrogens (tertiary/aromatic N) is 1. The number of hydrogen-bond donors (Lipinski definition) is 1. The Bertz CT molecular complexity index is 1240. The number of ether oxygens (including phenoxy) is 2. The smallest absolute Gasteiger partial charge is 0.266 e. The number of hydrogen-bond acceptors (Lipinski definition) is 4. The predicted octanol–water partition coefficient (Wildman–Crippen LogP) is 6.87. The molecule has 0 bridgehead atoms. The molecule has 3 aromatic carbocycles. The number of carbonyl (C=O) groups is 1. The molecule has 3 aromatic rings. The van der Waals surface area contributed by atoms with Gasteiger partial charge >= 0.3 is 0 Å². The Morgan fingerprint density at radius 1 is 1.18 bits per heavy atom. The van der Waals surface area contributed by atoms with Crippen LogP contribution in [0.5, 0.6) is 11.5 Å². The Balaban J connectivity index is 1.84. The van der Waals surface area contributed by atoms with E-state index in [9.17, 15) is 14.4 Å². The van der Waals surface area contributed by atoms with Gasteiger partial charge in [0.05, 0.1) is 10.7 Å². The molecule has 33 heavy (non-hydrogen) atoms. The molecule has 0 aliphatic rings. The summed E-state index contributed by atoms with van der Waals surface area (Å²) < 4.78 is 25.1. The number of anilines is 1. The number of benzene rings is 3. The van der Waals surface area contributed by atoms with E-state index in [4.69, 9.17) is 32.7 Å². The predicted molar refractivity (Wildman–Crippen MR) is 135 cm³/mol. The monoisotopic (exact) mass is 596 g/mol. The van der Waals surface area contributed by atoms with Gasteiger partial charge in [0.15, 0.2) is 11.5 Å². The molecular formula is C24H16Cl2FIN2O3. The van der Waals surface area contributed by atoms with E-state index < -0.39 is 11.7 Å². The van der Waals surface area contributed by atoms with Gasteiger partial charge in [-0.05, 0) is 82.8 Å². The van der Waals surface area contributed by atoms with E-state index in [0.29, 0.717) is 41.9 Å². The van der Waals surface area contributed by atoms with Gasteiger partial charge in [0.25, 0.3) is 5.91 Å². The van der Waals surface area contributed by atoms with Gasteiger partial charge in [0.2, 0.25) is 0 Å². The van der Waals surface area contributed by atoms with Crippen LogP contribution in [0.3, 0.4) is 0 Å². The second-order valence-electron chi connectivity index (χ2n) is 6.65. The lowest BCUT2D eigenvalue weighted by Crippen LogP contribution is -2.13. The molecule has 9 heteroatoms. The van der Waals surface area contributed by atoms with Crippen molar-refractivity contribution >= 4 is 63.5 Å². The average Bonchev–Trinajstić information content (AvgIpc) is 2.79. The Hall–Kier alpha value is -2.80. The van der Waals surface area contributed by atoms with Crippen molar-refractivity contribution in [2.24, 2.45) is 0 Å². The summed E-state index contributed by atoms with van der Waals surface area (Å²) in [4.78, 5) is 12.5. The summed E-state index contributed by atoms with van der Waals surface area (Å²) in [6, 6.07) is 15.7. The van der Waals surface area contributed by atoms with E-state index in [1.807, 2.05) is 6.07 Å². The second kappa shape index (κ2) is 11.4. The highest BCUT2D eigenvalue weighted by Crippen LogP contribution is 2.36. The molecule has 0 radical (unpaired) electrons. The van der Waals surface area contributed by atoms with E-state index in [1.165, 1.54) is 37.5 Å². The average molecular weight is 597 g/mol. The highest BCUT2D eigenvalue weighted by atomic mass is 127. The van der Waals surface area contributed by atoms with Crippen molar-refractivity contribution in [2.75, 3.05) is 12.4 Å². The molecule has 1 N–H and O–H groups in total. The Morgan fingerprint density at radius 3 is 2.45 bits per heavy atom. The molecule has 0 fully saturated rings. The summed E-state index contributed by atoms with van der Waals surface area (Å²) in [5.41, 5.74) is 1.45. The van der Waals surface area contributed by atoms with Crippen LogP contribution in [0.15, 0.2) is 60.2 Å². The highest BCUT2D eigenvalue weighted by Gasteiger charge is 2.15. The van der Waals surface area contributed by atoms with Gasteiger partial charge in [-0.15, -0.1) is 0 Å². The van der Waals surface area contributed by atoms with Gasteiger partial charge in [-0.2, -0.15) is 5.26 Å². The maximum atomic E-state index is 13.1. The van der Waals surface area contributed by atoms with Gasteiger partial charge in [-0.25, -0.2) is 4.39 Å². The first-order valence-corrected chi connectivity index (χ1v) is 11.3. The van der Waals surface area contributed by atoms with Crippen molar-refractivity contribution in [2.45, 2.75) is 6.61 Å². The summed E-state index contributed by atoms with van der Waals surface area (Å²) >= 11 is 14.5. The highest BCUT2D eigenvalue weighted by molar-refractivity contribution is 14.1. The minimum absolute atomic E-state index is 0.129. The molecule has 0 spiro atoms. The topological polar surface area (TPSA) is 71.3 Å². The van der Waals surface area contributed by atoms with Crippen LogP contribution >= 0.6 is 45.8 Å². The molecule has 1 amide bonds. The molecule has 0 aliphatic heterocycles. The number of carbonyl (C=O) groups excluding carboxylic acids is 1. The standard InChI is InChI=1S/C24H16Cl2FIN2O3/c1-32-22-11-14(9-15(12-29)24(31)30-17-7-5-16(27)6-8-17)10-21(28)23(22)33-13-18-19(25)3-2-4-20(18)26/h2-11H,13H2,1H3,(H,30,31)/b15-9-. The normalized spacial score (nSPS) is 11.0. The fourth-order valence-corrected chi connectivity index (χ4v) is 4.11. The van der Waals surface area contributed by atoms with E-state index in [1.54, 1.807) is 30.3 Å². The lowest BCUT2D eigenvalue weighted by atomic mass is 10.1. The van der Waals surface area contributed by atoms with E-state index in [0.717, 1.165) is 0 Å². The number of rotatable bonds is 7. The summed E-state index contributed by atoms with van der Waals surface area (Å²) in [6.45, 7) is 0.129. The van der Waals surface area contributed by atoms with Crippen molar-refractivity contribution in [3.05, 3.63) is 90.7 Å². The van der Waals surface area contributed by atoms with Crippen LogP contribution in [-0.2, 0) is 11.4 Å². The van der Waals surface area contributed by atoms with Crippen LogP contribution in [-0.4, -0.2) is 13.0 Å². The Labute approximate surface area is 213 Å². The number of amides is 1. The third-order valence-electron chi connectivity index (χ3n) is 4.45. The second-order valence-corrected chi connectivity index (χ2v) is 8.63. The van der Waals surface area contributed by atoms with Crippen molar-refractivity contribution < 1.29 is 18.7 Å². The SMILES string of the molecule is COc1cc(/C=C(/C#N)C(=O)Nc2ccc(F)cc2)cc(I)c1OCc1c(Cl)cccc1Cl. The lowest BCUT2D eigenvalue weighted by molar-refractivity contribution is -0.112. The number of halogens is 4. The van der Waals surface area contributed by atoms with Crippen LogP contribution in [0.2, 0.25) is 10.0 Å². The van der Waals surface area contributed by atoms with Crippen LogP contribution < -0.4 is 14.8 Å². The maximum absolute atomic E-state index is 13.1. The van der Waals surface area contributed by atoms with E-state index in [-0.39, 0.29) is 12.2 Å². The summed E-state index contributed by atoms with van der Waals surface area (Å²) in [5, 5.41) is 13.0. The Kier molecular flexibility index (Phi) is 8.55. The van der Waals surface area contributed by atoms with E-state index in [2.05, 4.69) is 27.9 Å². The van der Waals surface area contributed by atoms with Crippen LogP contribution in [0, 0.1) is 20.7 Å². The minimum Gasteiger partial charge on any atom is -0.493 e. The molecule has 5 nitrogen and oxygen atoms in total. The first kappa shape index (κ1) is 24.8. The third-order valence-corrected chi connectivity index (χ3v) is 5.96. The lowest BCUT2D eigenvalue weighted by Gasteiger charge is -2.15. The zero-order valence-electron chi connectivity index (χ0n) is 17.2. The Morgan fingerprint density at radius 2 is 1.85 bits per heavy atom. The van der Waals surface area contributed by atoms with Gasteiger partial charge < -0.3 is 14.8 Å². The van der Waals surface area contributed by atoms with Crippen LogP contribution in [0.1, 0.15) is 11.1 Å². The van der Waals surface area contributed by atoms with Crippen LogP contribution in [0.4, 0.5) is 10.1 Å². The fraction of sp³-hybridized carbons (Fsp3) is 0.0833. The van der Waals surface area contributed by atoms with Crippen molar-refractivity contribution in [1.82, 2.24) is 0 Å². The molecular weight excluding hydrogens is 581 g/mol. The van der Waals surface area contributed by atoms with Gasteiger partial charge in [-0.3, -0.25) is 4.79 Å².